The number of aliphatic imine (C=N–C) groups is 2. The predicted octanol–water partition coefficient (Wildman–Crippen LogP) is 22.3. The van der Waals surface area contributed by atoms with E-state index in [0.717, 1.165) is 92.0 Å². The molecule has 1 aliphatic carbocycles. The van der Waals surface area contributed by atoms with Gasteiger partial charge in [-0.2, -0.15) is 8.75 Å². The zero-order chi connectivity index (χ0) is 68.6. The van der Waals surface area contributed by atoms with Gasteiger partial charge in [-0.15, -0.1) is 34.0 Å². The molecular formula is C71H100N10O5S5. The molecule has 494 valence electrons. The first-order valence-electron chi connectivity index (χ1n) is 29.7. The molecule has 0 aromatic carbocycles. The Bertz CT molecular complexity index is 2830. The van der Waals surface area contributed by atoms with Crippen LogP contribution in [0.2, 0.25) is 0 Å². The van der Waals surface area contributed by atoms with Crippen molar-refractivity contribution in [2.24, 2.45) is 9.98 Å². The van der Waals surface area contributed by atoms with Gasteiger partial charge in [0.05, 0.1) is 45.2 Å². The molecule has 20 heteroatoms. The number of rotatable bonds is 0. The molecule has 0 spiro atoms. The molecule has 0 amide bonds. The van der Waals surface area contributed by atoms with Gasteiger partial charge in [0, 0.05) is 104 Å². The molecule has 0 bridgehead atoms. The average molecular weight is 1330 g/mol. The second-order valence-corrected chi connectivity index (χ2v) is 28.2. The summed E-state index contributed by atoms with van der Waals surface area (Å²) >= 11 is 8.41. The normalized spacial score (nSPS) is 11.7. The van der Waals surface area contributed by atoms with Crippen LogP contribution in [0.3, 0.4) is 0 Å². The lowest BCUT2D eigenvalue weighted by molar-refractivity contribution is 0.393. The maximum Gasteiger partial charge on any atom is 0.191 e. The third kappa shape index (κ3) is 44.7. The third-order valence-electron chi connectivity index (χ3n) is 11.0. The quantitative estimate of drug-likeness (QED) is 0.139. The number of nitrogens with zero attached hydrogens (tertiary/aromatic N) is 10. The van der Waals surface area contributed by atoms with Gasteiger partial charge in [-0.3, -0.25) is 9.98 Å². The molecule has 0 atom stereocenters. The summed E-state index contributed by atoms with van der Waals surface area (Å²) in [6, 6.07) is 16.1. The van der Waals surface area contributed by atoms with E-state index in [9.17, 15) is 0 Å². The molecule has 0 fully saturated rings. The minimum Gasteiger partial charge on any atom is -0.467 e. The van der Waals surface area contributed by atoms with E-state index in [1.54, 1.807) is 58.1 Å². The summed E-state index contributed by atoms with van der Waals surface area (Å²) < 4.78 is 32.6. The van der Waals surface area contributed by atoms with Gasteiger partial charge in [0.25, 0.3) is 0 Å². The van der Waals surface area contributed by atoms with Crippen molar-refractivity contribution >= 4 is 68.5 Å². The van der Waals surface area contributed by atoms with E-state index in [1.165, 1.54) is 69.4 Å². The summed E-state index contributed by atoms with van der Waals surface area (Å²) in [5.74, 6) is 6.93. The van der Waals surface area contributed by atoms with Crippen molar-refractivity contribution < 1.29 is 22.3 Å². The highest BCUT2D eigenvalue weighted by molar-refractivity contribution is 7.12. The Balaban J connectivity index is 0.000000493. The summed E-state index contributed by atoms with van der Waals surface area (Å²) in [6.07, 6.45) is 18.8. The van der Waals surface area contributed by atoms with Gasteiger partial charge >= 0.3 is 0 Å². The number of aryl methyl sites for hydroxylation is 20. The lowest BCUT2D eigenvalue weighted by Crippen LogP contribution is -1.82. The number of thiophene rings is 1. The van der Waals surface area contributed by atoms with Crippen LogP contribution in [-0.2, 0) is 0 Å². The molecule has 0 saturated carbocycles. The highest BCUT2D eigenvalue weighted by atomic mass is 32.1. The number of hydrogen-bond donors (Lipinski definition) is 0. The lowest BCUT2D eigenvalue weighted by Gasteiger charge is -1.87. The van der Waals surface area contributed by atoms with E-state index in [0.29, 0.717) is 0 Å². The van der Waals surface area contributed by atoms with Crippen LogP contribution in [0.1, 0.15) is 169 Å². The van der Waals surface area contributed by atoms with Gasteiger partial charge in [-0.1, -0.05) is 33.6 Å². The van der Waals surface area contributed by atoms with Gasteiger partial charge < -0.3 is 22.3 Å². The number of allylic oxidation sites excluding steroid dienone is 6. The minimum absolute atomic E-state index is 0.734. The Morgan fingerprint density at radius 1 is 0.319 bits per heavy atom. The summed E-state index contributed by atoms with van der Waals surface area (Å²) in [6.45, 7) is 52.0. The second-order valence-electron chi connectivity index (χ2n) is 21.8. The number of thiazole rings is 2. The molecule has 3 aliphatic rings. The topological polar surface area (TPSA) is 194 Å². The van der Waals surface area contributed by atoms with E-state index in [2.05, 4.69) is 155 Å². The van der Waals surface area contributed by atoms with Crippen LogP contribution in [0, 0.1) is 138 Å². The Morgan fingerprint density at radius 2 is 0.692 bits per heavy atom. The molecule has 0 radical (unpaired) electrons. The third-order valence-corrected chi connectivity index (χ3v) is 15.1. The van der Waals surface area contributed by atoms with Gasteiger partial charge in [0.2, 0.25) is 0 Å². The molecule has 91 heavy (non-hydrogen) atoms. The first kappa shape index (κ1) is 81.7. The highest BCUT2D eigenvalue weighted by Gasteiger charge is 2.00. The first-order chi connectivity index (χ1) is 42.7. The fraction of sp³-hybridized carbons (Fsp3) is 0.408. The maximum absolute atomic E-state index is 5.08. The molecule has 10 aromatic rings. The Kier molecular flexibility index (Phi) is 41.1. The van der Waals surface area contributed by atoms with E-state index in [4.69, 9.17) is 22.3 Å². The number of furan rings is 1. The van der Waals surface area contributed by atoms with Crippen LogP contribution < -0.4 is 0 Å². The van der Waals surface area contributed by atoms with Crippen LogP contribution in [-0.4, -0.2) is 50.4 Å². The molecular weight excluding hydrogens is 1230 g/mol. The molecule has 15 nitrogen and oxygen atoms in total. The monoisotopic (exact) mass is 1330 g/mol. The lowest BCUT2D eigenvalue weighted by atomic mass is 10.2. The van der Waals surface area contributed by atoms with Crippen molar-refractivity contribution in [1.29, 1.82) is 0 Å². The van der Waals surface area contributed by atoms with Crippen LogP contribution >= 0.6 is 57.1 Å². The largest absolute Gasteiger partial charge is 0.467 e. The van der Waals surface area contributed by atoms with E-state index in [-0.39, 0.29) is 0 Å². The SMILES string of the molecule is CC1=CC=C(C)C1.CC1=CN=C(C)C1.CC1=CN=C(C)C1.Cc1cc(C)on1.Cc1cc(C)on1.Cc1cc(C)sn1.Cc1cc(C)sn1.Cc1ccc(C)o1.Cc1ccc(C)s1.Cc1cnc(C)o1.Cc1cnc(C)o1.Cc1cnc(C)s1.Cc1cnc(C)s1. The first-order valence-corrected chi connectivity index (χ1v) is 33.7. The number of hydrogen-bond acceptors (Lipinski definition) is 20. The summed E-state index contributed by atoms with van der Waals surface area (Å²) in [4.78, 5) is 31.9. The van der Waals surface area contributed by atoms with Gasteiger partial charge in [0.1, 0.15) is 34.6 Å². The minimum atomic E-state index is 0.734. The Labute approximate surface area is 563 Å². The van der Waals surface area contributed by atoms with Crippen LogP contribution in [0.5, 0.6) is 0 Å². The van der Waals surface area contributed by atoms with Gasteiger partial charge in [-0.25, -0.2) is 19.9 Å². The molecule has 0 unspecified atom stereocenters. The smallest absolute Gasteiger partial charge is 0.191 e. The van der Waals surface area contributed by atoms with E-state index >= 15 is 0 Å². The molecule has 13 rings (SSSR count). The van der Waals surface area contributed by atoms with Crippen LogP contribution in [0.15, 0.2) is 152 Å². The van der Waals surface area contributed by atoms with Crippen molar-refractivity contribution in [3.8, 4) is 0 Å². The van der Waals surface area contributed by atoms with Crippen molar-refractivity contribution in [2.75, 3.05) is 0 Å². The molecule has 0 N–H and O–H groups in total. The zero-order valence-electron chi connectivity index (χ0n) is 58.9. The van der Waals surface area contributed by atoms with Crippen molar-refractivity contribution in [3.63, 3.8) is 0 Å². The molecule has 2 aliphatic heterocycles. The van der Waals surface area contributed by atoms with Gasteiger partial charge in [0.15, 0.2) is 11.8 Å². The van der Waals surface area contributed by atoms with E-state index < -0.39 is 0 Å². The molecule has 0 saturated heterocycles. The number of oxazole rings is 2. The fourth-order valence-electron chi connectivity index (χ4n) is 7.22. The maximum atomic E-state index is 5.08. The number of aromatic nitrogens is 8. The average Bonchev–Trinajstić information content (AvgIpc) is 4.26. The van der Waals surface area contributed by atoms with Crippen molar-refractivity contribution in [2.45, 2.75) is 199 Å². The zero-order valence-corrected chi connectivity index (χ0v) is 63.0. The standard InChI is InChI=1S/C7H10.2C6H9N.C6H8O.C6H8S.4C5H7NO.4C5H7NS/c1-6-3-4-7(2)5-6;2*1-5-3-6(2)7-4-5;2*1-5-3-4-6(2)7-5;2*1-4-3-6-5(2)7-4;2*1-4-3-5(2)7-6-4;2*1-4-3-6-5(2)7-4;2*1-4-3-5(2)7-6-4/h3-4H,5H2,1-2H3;2*4H,3H2,1-2H3;2*3-4H,1-2H3;8*3H,1-2H3. The fourth-order valence-corrected chi connectivity index (χ4v) is 10.5. The van der Waals surface area contributed by atoms with Crippen LogP contribution in [0.4, 0.5) is 0 Å². The van der Waals surface area contributed by atoms with Gasteiger partial charge in [-0.05, 0) is 243 Å². The Hall–Kier alpha value is -7.36. The second kappa shape index (κ2) is 45.8. The van der Waals surface area contributed by atoms with Crippen molar-refractivity contribution in [1.82, 2.24) is 39.0 Å². The summed E-state index contributed by atoms with van der Waals surface area (Å²) in [5, 5.41) is 9.58. The summed E-state index contributed by atoms with van der Waals surface area (Å²) in [5.41, 5.74) is 12.3. The Morgan fingerprint density at radius 3 is 0.780 bits per heavy atom. The van der Waals surface area contributed by atoms with Crippen LogP contribution in [0.25, 0.3) is 0 Å². The molecule has 12 heterocycles. The summed E-state index contributed by atoms with van der Waals surface area (Å²) in [7, 11) is 0. The molecule has 10 aromatic heterocycles. The van der Waals surface area contributed by atoms with Crippen molar-refractivity contribution in [3.05, 3.63) is 229 Å². The predicted molar refractivity (Wildman–Crippen MR) is 387 cm³/mol. The van der Waals surface area contributed by atoms with E-state index in [1.807, 2.05) is 171 Å². The highest BCUT2D eigenvalue weighted by Crippen LogP contribution is 2.17.